The molecule has 1 aromatic heterocycles. The molecule has 30 heavy (non-hydrogen) atoms. The van der Waals surface area contributed by atoms with Gasteiger partial charge in [0.25, 0.3) is 0 Å². The van der Waals surface area contributed by atoms with Crippen LogP contribution in [0, 0.1) is 12.3 Å². The number of nitrogens with one attached hydrogen (secondary N) is 3. The number of rotatable bonds is 6. The van der Waals surface area contributed by atoms with Gasteiger partial charge in [-0.25, -0.2) is 4.98 Å². The van der Waals surface area contributed by atoms with Crippen LogP contribution < -0.4 is 10.6 Å². The van der Waals surface area contributed by atoms with Crippen LogP contribution in [-0.4, -0.2) is 47.4 Å². The van der Waals surface area contributed by atoms with E-state index in [0.717, 1.165) is 17.1 Å². The van der Waals surface area contributed by atoms with E-state index >= 15 is 0 Å². The Labute approximate surface area is 176 Å². The van der Waals surface area contributed by atoms with Crippen molar-refractivity contribution in [2.75, 3.05) is 26.0 Å². The molecule has 0 aliphatic carbocycles. The van der Waals surface area contributed by atoms with Crippen molar-refractivity contribution in [3.05, 3.63) is 72.2 Å². The molecule has 3 aromatic rings. The monoisotopic (exact) mass is 400 g/mol. The number of guanidine groups is 1. The summed E-state index contributed by atoms with van der Waals surface area (Å²) < 4.78 is 0. The second kappa shape index (κ2) is 9.94. The summed E-state index contributed by atoms with van der Waals surface area (Å²) in [5, 5.41) is 5.88. The molecule has 0 bridgehead atoms. The number of terminal acetylenes is 1. The summed E-state index contributed by atoms with van der Waals surface area (Å²) >= 11 is 0. The zero-order valence-electron chi connectivity index (χ0n) is 17.0. The molecule has 0 fully saturated rings. The van der Waals surface area contributed by atoms with E-state index in [2.05, 4.69) is 31.5 Å². The molecule has 0 radical (unpaired) electrons. The average Bonchev–Trinajstić information content (AvgIpc) is 3.23. The molecule has 0 spiro atoms. The second-order valence-corrected chi connectivity index (χ2v) is 6.64. The lowest BCUT2D eigenvalue weighted by atomic mass is 10.2. The quantitative estimate of drug-likeness (QED) is 0.337. The van der Waals surface area contributed by atoms with Crippen LogP contribution in [0.15, 0.2) is 65.8 Å². The van der Waals surface area contributed by atoms with Crippen LogP contribution >= 0.6 is 0 Å². The van der Waals surface area contributed by atoms with Crippen molar-refractivity contribution >= 4 is 17.6 Å². The number of carbonyl (C=O) groups is 1. The largest absolute Gasteiger partial charge is 0.347 e. The SMILES string of the molecule is C#Cc1cccc(NC(=O)CNC(=NC)N(C)Cc2ncc(-c3ccccc3)[nH]2)c1. The van der Waals surface area contributed by atoms with Crippen LogP contribution in [0.25, 0.3) is 11.3 Å². The molecule has 0 unspecified atom stereocenters. The standard InChI is InChI=1S/C23H24N6O/c1-4-17-9-8-12-19(13-17)27-22(30)15-26-23(24-2)29(3)16-21-25-14-20(28-21)18-10-6-5-7-11-18/h1,5-14H,15-16H2,2-3H3,(H,24,26)(H,25,28)(H,27,30). The highest BCUT2D eigenvalue weighted by Gasteiger charge is 2.11. The minimum Gasteiger partial charge on any atom is -0.347 e. The van der Waals surface area contributed by atoms with E-state index in [4.69, 9.17) is 6.42 Å². The molecule has 3 rings (SSSR count). The predicted octanol–water partition coefficient (Wildman–Crippen LogP) is 2.70. The van der Waals surface area contributed by atoms with Crippen LogP contribution in [-0.2, 0) is 11.3 Å². The van der Waals surface area contributed by atoms with Crippen LogP contribution in [0.5, 0.6) is 0 Å². The van der Waals surface area contributed by atoms with Gasteiger partial charge in [0.05, 0.1) is 25.0 Å². The van der Waals surface area contributed by atoms with E-state index in [0.29, 0.717) is 23.8 Å². The van der Waals surface area contributed by atoms with Crippen molar-refractivity contribution in [2.24, 2.45) is 4.99 Å². The molecule has 0 aliphatic heterocycles. The number of H-pyrrole nitrogens is 1. The molecular weight excluding hydrogens is 376 g/mol. The van der Waals surface area contributed by atoms with Crippen LogP contribution in [0.1, 0.15) is 11.4 Å². The lowest BCUT2D eigenvalue weighted by Gasteiger charge is -2.20. The summed E-state index contributed by atoms with van der Waals surface area (Å²) in [5.74, 6) is 3.74. The van der Waals surface area contributed by atoms with Crippen molar-refractivity contribution in [1.82, 2.24) is 20.2 Å². The fourth-order valence-electron chi connectivity index (χ4n) is 2.94. The Morgan fingerprint density at radius 3 is 2.77 bits per heavy atom. The Bertz CT molecular complexity index is 1060. The van der Waals surface area contributed by atoms with Gasteiger partial charge in [0.15, 0.2) is 5.96 Å². The topological polar surface area (TPSA) is 85.4 Å². The average molecular weight is 400 g/mol. The third-order valence-corrected chi connectivity index (χ3v) is 4.39. The maximum Gasteiger partial charge on any atom is 0.243 e. The molecule has 0 atom stereocenters. The number of anilines is 1. The van der Waals surface area contributed by atoms with Gasteiger partial charge in [0.1, 0.15) is 5.82 Å². The zero-order valence-corrected chi connectivity index (χ0v) is 17.0. The van der Waals surface area contributed by atoms with Crippen molar-refractivity contribution in [3.8, 4) is 23.6 Å². The molecule has 0 saturated heterocycles. The molecule has 7 heteroatoms. The summed E-state index contributed by atoms with van der Waals surface area (Å²) in [4.78, 5) is 26.1. The van der Waals surface area contributed by atoms with Gasteiger partial charge in [-0.3, -0.25) is 9.79 Å². The van der Waals surface area contributed by atoms with E-state index in [-0.39, 0.29) is 12.5 Å². The van der Waals surface area contributed by atoms with Gasteiger partial charge < -0.3 is 20.5 Å². The van der Waals surface area contributed by atoms with Gasteiger partial charge in [-0.1, -0.05) is 42.3 Å². The molecule has 1 heterocycles. The zero-order chi connectivity index (χ0) is 21.3. The number of carbonyl (C=O) groups excluding carboxylic acids is 1. The number of benzene rings is 2. The summed E-state index contributed by atoms with van der Waals surface area (Å²) in [6.07, 6.45) is 7.21. The summed E-state index contributed by atoms with van der Waals surface area (Å²) in [5.41, 5.74) is 3.40. The maximum atomic E-state index is 12.3. The van der Waals surface area contributed by atoms with Gasteiger partial charge in [-0.15, -0.1) is 6.42 Å². The molecule has 2 aromatic carbocycles. The molecular formula is C23H24N6O. The fraction of sp³-hybridized carbons (Fsp3) is 0.174. The maximum absolute atomic E-state index is 12.3. The summed E-state index contributed by atoms with van der Waals surface area (Å²) in [6.45, 7) is 0.586. The van der Waals surface area contributed by atoms with Crippen molar-refractivity contribution in [3.63, 3.8) is 0 Å². The molecule has 3 N–H and O–H groups in total. The number of nitrogens with zero attached hydrogens (tertiary/aromatic N) is 3. The number of amides is 1. The number of imidazole rings is 1. The van der Waals surface area contributed by atoms with E-state index in [1.165, 1.54) is 0 Å². The van der Waals surface area contributed by atoms with E-state index in [9.17, 15) is 4.79 Å². The Morgan fingerprint density at radius 1 is 1.23 bits per heavy atom. The number of aromatic nitrogens is 2. The fourth-order valence-corrected chi connectivity index (χ4v) is 2.94. The van der Waals surface area contributed by atoms with Gasteiger partial charge in [-0.05, 0) is 23.8 Å². The molecule has 7 nitrogen and oxygen atoms in total. The van der Waals surface area contributed by atoms with E-state index < -0.39 is 0 Å². The van der Waals surface area contributed by atoms with Crippen molar-refractivity contribution in [1.29, 1.82) is 0 Å². The number of aromatic amines is 1. The summed E-state index contributed by atoms with van der Waals surface area (Å²) in [6, 6.07) is 17.2. The molecule has 1 amide bonds. The third-order valence-electron chi connectivity index (χ3n) is 4.39. The Hall–Kier alpha value is -4.05. The van der Waals surface area contributed by atoms with Crippen LogP contribution in [0.4, 0.5) is 5.69 Å². The molecule has 152 valence electrons. The Kier molecular flexibility index (Phi) is 6.85. The smallest absolute Gasteiger partial charge is 0.243 e. The van der Waals surface area contributed by atoms with E-state index in [1.54, 1.807) is 25.2 Å². The minimum absolute atomic E-state index is 0.0741. The van der Waals surface area contributed by atoms with Gasteiger partial charge in [0.2, 0.25) is 5.91 Å². The van der Waals surface area contributed by atoms with Gasteiger partial charge >= 0.3 is 0 Å². The van der Waals surface area contributed by atoms with Crippen LogP contribution in [0.2, 0.25) is 0 Å². The Balaban J connectivity index is 1.54. The van der Waals surface area contributed by atoms with Crippen molar-refractivity contribution in [2.45, 2.75) is 6.54 Å². The lowest BCUT2D eigenvalue weighted by molar-refractivity contribution is -0.115. The number of aliphatic imine (C=N–C) groups is 1. The van der Waals surface area contributed by atoms with Gasteiger partial charge in [-0.2, -0.15) is 0 Å². The van der Waals surface area contributed by atoms with E-state index in [1.807, 2.05) is 54.5 Å². The third kappa shape index (κ3) is 5.49. The summed E-state index contributed by atoms with van der Waals surface area (Å²) in [7, 11) is 3.55. The first kappa shape index (κ1) is 20.7. The first-order valence-corrected chi connectivity index (χ1v) is 9.46. The van der Waals surface area contributed by atoms with Crippen molar-refractivity contribution < 1.29 is 4.79 Å². The normalized spacial score (nSPS) is 10.9. The lowest BCUT2D eigenvalue weighted by Crippen LogP contribution is -2.42. The highest BCUT2D eigenvalue weighted by molar-refractivity contribution is 5.95. The molecule has 0 aliphatic rings. The highest BCUT2D eigenvalue weighted by Crippen LogP contribution is 2.16. The molecule has 0 saturated carbocycles. The minimum atomic E-state index is -0.192. The number of hydrogen-bond acceptors (Lipinski definition) is 3. The first-order valence-electron chi connectivity index (χ1n) is 9.46. The van der Waals surface area contributed by atoms with Gasteiger partial charge in [0, 0.05) is 25.3 Å². The predicted molar refractivity (Wildman–Crippen MR) is 120 cm³/mol. The highest BCUT2D eigenvalue weighted by atomic mass is 16.1. The first-order chi connectivity index (χ1) is 14.6. The Morgan fingerprint density at radius 2 is 2.03 bits per heavy atom. The van der Waals surface area contributed by atoms with Crippen LogP contribution in [0.3, 0.4) is 0 Å². The second-order valence-electron chi connectivity index (χ2n) is 6.64. The number of hydrogen-bond donors (Lipinski definition) is 3.